The van der Waals surface area contributed by atoms with E-state index >= 15 is 0 Å². The summed E-state index contributed by atoms with van der Waals surface area (Å²) in [6, 6.07) is 0.246. The molecule has 1 aromatic heterocycles. The molecule has 2 atom stereocenters. The molecule has 1 N–H and O–H groups in total. The lowest BCUT2D eigenvalue weighted by atomic mass is 10.1. The predicted molar refractivity (Wildman–Crippen MR) is 83.9 cm³/mol. The third-order valence-corrected chi connectivity index (χ3v) is 4.63. The molecule has 2 fully saturated rings. The summed E-state index contributed by atoms with van der Waals surface area (Å²) in [7, 11) is 0. The van der Waals surface area contributed by atoms with Crippen LogP contribution in [0, 0.1) is 6.92 Å². The molecular formula is C16H23N3O5. The van der Waals surface area contributed by atoms with Crippen molar-refractivity contribution >= 4 is 11.9 Å². The number of amides is 1. The molecule has 1 amide bonds. The van der Waals surface area contributed by atoms with E-state index in [2.05, 4.69) is 5.10 Å². The van der Waals surface area contributed by atoms with Gasteiger partial charge in [0.1, 0.15) is 0 Å². The highest BCUT2D eigenvalue weighted by Gasteiger charge is 2.34. The molecule has 132 valence electrons. The number of carbonyl (C=O) groups excluding carboxylic acids is 1. The second kappa shape index (κ2) is 6.90. The van der Waals surface area contributed by atoms with Crippen LogP contribution in [-0.2, 0) is 14.3 Å². The zero-order chi connectivity index (χ0) is 17.3. The Morgan fingerprint density at radius 3 is 2.67 bits per heavy atom. The van der Waals surface area contributed by atoms with Crippen LogP contribution in [0.5, 0.6) is 0 Å². The molecule has 24 heavy (non-hydrogen) atoms. The summed E-state index contributed by atoms with van der Waals surface area (Å²) in [5.41, 5.74) is 1.35. The predicted octanol–water partition coefficient (Wildman–Crippen LogP) is 0.857. The summed E-state index contributed by atoms with van der Waals surface area (Å²) in [6.07, 6.45) is 2.05. The van der Waals surface area contributed by atoms with Crippen LogP contribution in [0.15, 0.2) is 6.20 Å². The smallest absolute Gasteiger partial charge is 0.334 e. The Bertz CT molecular complexity index is 623. The molecule has 3 rings (SSSR count). The van der Waals surface area contributed by atoms with Gasteiger partial charge in [-0.3, -0.25) is 9.48 Å². The van der Waals surface area contributed by atoms with E-state index in [0.717, 1.165) is 18.5 Å². The van der Waals surface area contributed by atoms with E-state index in [1.807, 2.05) is 11.6 Å². The van der Waals surface area contributed by atoms with Gasteiger partial charge in [0.15, 0.2) is 6.10 Å². The number of rotatable bonds is 3. The Balaban J connectivity index is 1.77. The molecule has 8 nitrogen and oxygen atoms in total. The third-order valence-electron chi connectivity index (χ3n) is 4.63. The van der Waals surface area contributed by atoms with Gasteiger partial charge in [0.25, 0.3) is 5.91 Å². The maximum absolute atomic E-state index is 12.8. The SMILES string of the molecule is Cc1c(C(=O)N2CC(C(=O)O)O[C@H](C)C2)cnn1C1CCOCC1. The number of aromatic nitrogens is 2. The molecule has 0 saturated carbocycles. The number of carboxylic acid groups (broad SMARTS) is 1. The summed E-state index contributed by atoms with van der Waals surface area (Å²) in [4.78, 5) is 25.6. The van der Waals surface area contributed by atoms with Crippen molar-refractivity contribution in [3.63, 3.8) is 0 Å². The fraction of sp³-hybridized carbons (Fsp3) is 0.688. The van der Waals surface area contributed by atoms with E-state index < -0.39 is 12.1 Å². The minimum absolute atomic E-state index is 0.0559. The number of morpholine rings is 1. The van der Waals surface area contributed by atoms with Crippen molar-refractivity contribution in [1.29, 1.82) is 0 Å². The first kappa shape index (κ1) is 16.9. The van der Waals surface area contributed by atoms with E-state index in [0.29, 0.717) is 25.3 Å². The normalized spacial score (nSPS) is 25.7. The number of carboxylic acids is 1. The average molecular weight is 337 g/mol. The molecule has 0 radical (unpaired) electrons. The Kier molecular flexibility index (Phi) is 4.86. The van der Waals surface area contributed by atoms with E-state index in [1.165, 1.54) is 0 Å². The molecule has 3 heterocycles. The molecular weight excluding hydrogens is 314 g/mol. The van der Waals surface area contributed by atoms with Gasteiger partial charge in [-0.1, -0.05) is 0 Å². The van der Waals surface area contributed by atoms with Gasteiger partial charge in [0.05, 0.1) is 30.5 Å². The summed E-state index contributed by atoms with van der Waals surface area (Å²) in [6.45, 7) is 5.50. The number of hydrogen-bond donors (Lipinski definition) is 1. The van der Waals surface area contributed by atoms with Gasteiger partial charge in [0, 0.05) is 25.5 Å². The van der Waals surface area contributed by atoms with Crippen LogP contribution in [0.3, 0.4) is 0 Å². The van der Waals surface area contributed by atoms with Crippen molar-refractivity contribution in [2.75, 3.05) is 26.3 Å². The van der Waals surface area contributed by atoms with Crippen molar-refractivity contribution in [1.82, 2.24) is 14.7 Å². The molecule has 2 aliphatic rings. The highest BCUT2D eigenvalue weighted by atomic mass is 16.5. The number of ether oxygens (including phenoxy) is 2. The summed E-state index contributed by atoms with van der Waals surface area (Å²) in [5.74, 6) is -1.24. The lowest BCUT2D eigenvalue weighted by molar-refractivity contribution is -0.160. The van der Waals surface area contributed by atoms with E-state index in [-0.39, 0.29) is 24.6 Å². The quantitative estimate of drug-likeness (QED) is 0.879. The standard InChI is InChI=1S/C16H23N3O5/c1-10-8-18(9-14(24-10)16(21)22)15(20)13-7-17-19(11(13)2)12-3-5-23-6-4-12/h7,10,12,14H,3-6,8-9H2,1-2H3,(H,21,22)/t10-,14?/m1/s1. The van der Waals surface area contributed by atoms with Gasteiger partial charge in [-0.15, -0.1) is 0 Å². The summed E-state index contributed by atoms with van der Waals surface area (Å²) in [5, 5.41) is 13.6. The second-order valence-electron chi connectivity index (χ2n) is 6.42. The maximum Gasteiger partial charge on any atom is 0.334 e. The van der Waals surface area contributed by atoms with Crippen LogP contribution >= 0.6 is 0 Å². The zero-order valence-corrected chi connectivity index (χ0v) is 14.0. The Morgan fingerprint density at radius 1 is 1.29 bits per heavy atom. The lowest BCUT2D eigenvalue weighted by Gasteiger charge is -2.34. The molecule has 1 unspecified atom stereocenters. The fourth-order valence-electron chi connectivity index (χ4n) is 3.36. The van der Waals surface area contributed by atoms with Crippen molar-refractivity contribution in [2.24, 2.45) is 0 Å². The lowest BCUT2D eigenvalue weighted by Crippen LogP contribution is -2.51. The third kappa shape index (κ3) is 3.29. The first-order valence-electron chi connectivity index (χ1n) is 8.26. The zero-order valence-electron chi connectivity index (χ0n) is 14.0. The highest BCUT2D eigenvalue weighted by Crippen LogP contribution is 2.24. The van der Waals surface area contributed by atoms with Crippen LogP contribution in [-0.4, -0.2) is 70.2 Å². The molecule has 2 aliphatic heterocycles. The first-order valence-corrected chi connectivity index (χ1v) is 8.26. The van der Waals surface area contributed by atoms with Crippen molar-refractivity contribution in [3.8, 4) is 0 Å². The van der Waals surface area contributed by atoms with E-state index in [4.69, 9.17) is 14.6 Å². The largest absolute Gasteiger partial charge is 0.479 e. The van der Waals surface area contributed by atoms with Crippen LogP contribution in [0.25, 0.3) is 0 Å². The Labute approximate surface area is 140 Å². The van der Waals surface area contributed by atoms with Gasteiger partial charge in [-0.25, -0.2) is 4.79 Å². The van der Waals surface area contributed by atoms with Crippen LogP contribution in [0.1, 0.15) is 41.9 Å². The molecule has 0 bridgehead atoms. The van der Waals surface area contributed by atoms with Gasteiger partial charge >= 0.3 is 5.97 Å². The van der Waals surface area contributed by atoms with Crippen molar-refractivity contribution < 1.29 is 24.2 Å². The topological polar surface area (TPSA) is 93.9 Å². The number of carbonyl (C=O) groups is 2. The molecule has 0 aliphatic carbocycles. The fourth-order valence-corrected chi connectivity index (χ4v) is 3.36. The number of aliphatic carboxylic acids is 1. The Morgan fingerprint density at radius 2 is 2.00 bits per heavy atom. The summed E-state index contributed by atoms with van der Waals surface area (Å²) < 4.78 is 12.6. The van der Waals surface area contributed by atoms with Crippen molar-refractivity contribution in [3.05, 3.63) is 17.5 Å². The minimum atomic E-state index is -1.05. The minimum Gasteiger partial charge on any atom is -0.479 e. The monoisotopic (exact) mass is 337 g/mol. The molecule has 2 saturated heterocycles. The van der Waals surface area contributed by atoms with E-state index in [9.17, 15) is 9.59 Å². The first-order chi connectivity index (χ1) is 11.5. The maximum atomic E-state index is 12.8. The number of nitrogens with zero attached hydrogens (tertiary/aromatic N) is 3. The molecule has 1 aromatic rings. The highest BCUT2D eigenvalue weighted by molar-refractivity contribution is 5.95. The van der Waals surface area contributed by atoms with Crippen LogP contribution in [0.4, 0.5) is 0 Å². The molecule has 0 spiro atoms. The molecule has 8 heteroatoms. The van der Waals surface area contributed by atoms with Gasteiger partial charge in [-0.05, 0) is 26.7 Å². The van der Waals surface area contributed by atoms with Crippen molar-refractivity contribution in [2.45, 2.75) is 44.9 Å². The Hall–Kier alpha value is -1.93. The van der Waals surface area contributed by atoms with Gasteiger partial charge < -0.3 is 19.5 Å². The van der Waals surface area contributed by atoms with E-state index in [1.54, 1.807) is 18.0 Å². The van der Waals surface area contributed by atoms with Gasteiger partial charge in [0.2, 0.25) is 0 Å². The van der Waals surface area contributed by atoms with Gasteiger partial charge in [-0.2, -0.15) is 5.10 Å². The number of hydrogen-bond acceptors (Lipinski definition) is 5. The summed E-state index contributed by atoms with van der Waals surface area (Å²) >= 11 is 0. The average Bonchev–Trinajstić information content (AvgIpc) is 2.96. The molecule has 0 aromatic carbocycles. The second-order valence-corrected chi connectivity index (χ2v) is 6.42. The van der Waals surface area contributed by atoms with Crippen LogP contribution in [0.2, 0.25) is 0 Å². The van der Waals surface area contributed by atoms with Crippen LogP contribution < -0.4 is 0 Å².